The second-order valence-corrected chi connectivity index (χ2v) is 14.9. The van der Waals surface area contributed by atoms with Gasteiger partial charge in [0.15, 0.2) is 0 Å². The lowest BCUT2D eigenvalue weighted by Gasteiger charge is -2.19. The molecule has 2 nitrogen and oxygen atoms in total. The number of rotatable bonds is 6. The molecule has 264 valence electrons. The SMILES string of the molecule is C1=CC(n2c3ccccc3c3cc4c5ccccc5n(-c5ccc(-c6cc(-c7ccccc7)cc(-c7ccccc7)c6)cc5)c4cc32)=CC(c2ccccc2)C1. The van der Waals surface area contributed by atoms with E-state index < -0.39 is 0 Å². The number of hydrogen-bond acceptors (Lipinski definition) is 0. The van der Waals surface area contributed by atoms with E-state index in [1.54, 1.807) is 0 Å². The molecular weight excluding hydrogens is 677 g/mol. The van der Waals surface area contributed by atoms with Gasteiger partial charge in [-0.15, -0.1) is 0 Å². The van der Waals surface area contributed by atoms with Crippen molar-refractivity contribution in [2.45, 2.75) is 12.3 Å². The van der Waals surface area contributed by atoms with Crippen molar-refractivity contribution >= 4 is 49.3 Å². The first-order chi connectivity index (χ1) is 27.8. The van der Waals surface area contributed by atoms with Crippen LogP contribution in [-0.2, 0) is 0 Å². The lowest BCUT2D eigenvalue weighted by molar-refractivity contribution is 0.849. The number of hydrogen-bond donors (Lipinski definition) is 0. The Morgan fingerprint density at radius 3 is 1.43 bits per heavy atom. The molecule has 2 heterocycles. The highest BCUT2D eigenvalue weighted by atomic mass is 15.0. The Bertz CT molecular complexity index is 3070. The molecule has 0 saturated carbocycles. The molecule has 1 aliphatic rings. The fourth-order valence-corrected chi connectivity index (χ4v) is 8.93. The molecule has 0 amide bonds. The average molecular weight is 715 g/mol. The highest BCUT2D eigenvalue weighted by Gasteiger charge is 2.21. The minimum Gasteiger partial charge on any atom is -0.309 e. The number of benzene rings is 8. The summed E-state index contributed by atoms with van der Waals surface area (Å²) in [6.07, 6.45) is 8.10. The van der Waals surface area contributed by atoms with E-state index in [1.807, 2.05) is 0 Å². The Balaban J connectivity index is 1.08. The molecule has 0 radical (unpaired) electrons. The third kappa shape index (κ3) is 5.41. The Kier molecular flexibility index (Phi) is 7.67. The molecule has 1 aliphatic carbocycles. The number of fused-ring (bicyclic) bond motifs is 6. The maximum atomic E-state index is 2.48. The maximum absolute atomic E-state index is 2.48. The summed E-state index contributed by atoms with van der Waals surface area (Å²) in [5, 5.41) is 5.07. The molecule has 1 unspecified atom stereocenters. The van der Waals surface area contributed by atoms with Crippen molar-refractivity contribution in [2.75, 3.05) is 0 Å². The molecule has 8 aromatic carbocycles. The Morgan fingerprint density at radius 1 is 0.357 bits per heavy atom. The van der Waals surface area contributed by atoms with Crippen LogP contribution in [0.1, 0.15) is 17.9 Å². The molecule has 56 heavy (non-hydrogen) atoms. The summed E-state index contributed by atoms with van der Waals surface area (Å²) in [7, 11) is 0. The van der Waals surface area contributed by atoms with Gasteiger partial charge in [0.2, 0.25) is 0 Å². The summed E-state index contributed by atoms with van der Waals surface area (Å²) < 4.78 is 4.93. The van der Waals surface area contributed by atoms with Crippen molar-refractivity contribution in [3.8, 4) is 39.1 Å². The highest BCUT2D eigenvalue weighted by molar-refractivity contribution is 6.19. The van der Waals surface area contributed by atoms with Crippen LogP contribution >= 0.6 is 0 Å². The predicted octanol–water partition coefficient (Wildman–Crippen LogP) is 14.5. The van der Waals surface area contributed by atoms with E-state index in [-0.39, 0.29) is 0 Å². The molecule has 1 atom stereocenters. The first kappa shape index (κ1) is 32.3. The summed E-state index contributed by atoms with van der Waals surface area (Å²) in [5.41, 5.74) is 15.8. The van der Waals surface area contributed by atoms with Crippen LogP contribution in [0.2, 0.25) is 0 Å². The van der Waals surface area contributed by atoms with Gasteiger partial charge in [0.05, 0.1) is 22.1 Å². The highest BCUT2D eigenvalue weighted by Crippen LogP contribution is 2.41. The van der Waals surface area contributed by atoms with Gasteiger partial charge in [0, 0.05) is 38.8 Å². The smallest absolute Gasteiger partial charge is 0.0562 e. The van der Waals surface area contributed by atoms with Crippen molar-refractivity contribution in [1.82, 2.24) is 9.13 Å². The fourth-order valence-electron chi connectivity index (χ4n) is 8.93. The van der Waals surface area contributed by atoms with E-state index in [0.717, 1.165) is 12.1 Å². The zero-order valence-corrected chi connectivity index (χ0v) is 30.9. The van der Waals surface area contributed by atoms with Gasteiger partial charge >= 0.3 is 0 Å². The molecule has 0 saturated heterocycles. The summed E-state index contributed by atoms with van der Waals surface area (Å²) in [6, 6.07) is 70.9. The Labute approximate surface area is 326 Å². The van der Waals surface area contributed by atoms with Crippen molar-refractivity contribution in [3.05, 3.63) is 218 Å². The van der Waals surface area contributed by atoms with E-state index in [4.69, 9.17) is 0 Å². The topological polar surface area (TPSA) is 9.86 Å². The van der Waals surface area contributed by atoms with Gasteiger partial charge in [-0.3, -0.25) is 0 Å². The number of para-hydroxylation sites is 2. The van der Waals surface area contributed by atoms with Gasteiger partial charge in [0.1, 0.15) is 0 Å². The van der Waals surface area contributed by atoms with Gasteiger partial charge in [-0.2, -0.15) is 0 Å². The van der Waals surface area contributed by atoms with Gasteiger partial charge in [-0.25, -0.2) is 0 Å². The predicted molar refractivity (Wildman–Crippen MR) is 237 cm³/mol. The first-order valence-corrected chi connectivity index (χ1v) is 19.5. The summed E-state index contributed by atoms with van der Waals surface area (Å²) in [6.45, 7) is 0. The third-order valence-electron chi connectivity index (χ3n) is 11.6. The summed E-state index contributed by atoms with van der Waals surface area (Å²) >= 11 is 0. The molecule has 0 N–H and O–H groups in total. The minimum absolute atomic E-state index is 0.332. The molecule has 10 aromatic rings. The van der Waals surface area contributed by atoms with Crippen molar-refractivity contribution in [2.24, 2.45) is 0 Å². The van der Waals surface area contributed by atoms with E-state index in [9.17, 15) is 0 Å². The van der Waals surface area contributed by atoms with E-state index in [1.165, 1.54) is 88.3 Å². The standard InChI is InChI=1S/C54H38N2/c1-4-15-37(16-5-1)41-21-14-22-46(34-41)56-52-26-13-11-24-48(52)50-35-49-47-23-10-12-25-51(47)55(53(49)36-54(50)56)45-29-27-40(28-30-45)44-32-42(38-17-6-2-7-18-38)31-43(33-44)39-19-8-3-9-20-39/h1-20,22-36,41H,21H2. The second kappa shape index (κ2) is 13.3. The van der Waals surface area contributed by atoms with E-state index in [0.29, 0.717) is 5.92 Å². The van der Waals surface area contributed by atoms with Crippen LogP contribution in [0.5, 0.6) is 0 Å². The molecule has 2 heteroatoms. The van der Waals surface area contributed by atoms with Crippen LogP contribution in [0.25, 0.3) is 88.4 Å². The monoisotopic (exact) mass is 714 g/mol. The molecule has 0 aliphatic heterocycles. The van der Waals surface area contributed by atoms with Crippen LogP contribution in [0.4, 0.5) is 0 Å². The minimum atomic E-state index is 0.332. The summed E-state index contributed by atoms with van der Waals surface area (Å²) in [5.74, 6) is 0.332. The van der Waals surface area contributed by atoms with E-state index >= 15 is 0 Å². The van der Waals surface area contributed by atoms with Gasteiger partial charge in [0.25, 0.3) is 0 Å². The normalized spacial score (nSPS) is 14.2. The van der Waals surface area contributed by atoms with Gasteiger partial charge < -0.3 is 9.13 Å². The maximum Gasteiger partial charge on any atom is 0.0562 e. The molecular formula is C54H38N2. The number of allylic oxidation sites excluding steroid dienone is 4. The van der Waals surface area contributed by atoms with Crippen LogP contribution < -0.4 is 0 Å². The fraction of sp³-hybridized carbons (Fsp3) is 0.0370. The second-order valence-electron chi connectivity index (χ2n) is 14.9. The molecule has 11 rings (SSSR count). The zero-order chi connectivity index (χ0) is 37.0. The zero-order valence-electron chi connectivity index (χ0n) is 30.9. The van der Waals surface area contributed by atoms with Crippen LogP contribution in [-0.4, -0.2) is 9.13 Å². The van der Waals surface area contributed by atoms with Crippen molar-refractivity contribution < 1.29 is 0 Å². The Morgan fingerprint density at radius 2 is 0.839 bits per heavy atom. The lowest BCUT2D eigenvalue weighted by atomic mass is 9.91. The van der Waals surface area contributed by atoms with E-state index in [2.05, 4.69) is 221 Å². The third-order valence-corrected chi connectivity index (χ3v) is 11.6. The molecule has 0 spiro atoms. The van der Waals surface area contributed by atoms with Crippen LogP contribution in [0, 0.1) is 0 Å². The largest absolute Gasteiger partial charge is 0.309 e. The number of nitrogens with zero attached hydrogens (tertiary/aromatic N) is 2. The van der Waals surface area contributed by atoms with Crippen LogP contribution in [0.3, 0.4) is 0 Å². The Hall–Kier alpha value is -7.16. The summed E-state index contributed by atoms with van der Waals surface area (Å²) in [4.78, 5) is 0. The van der Waals surface area contributed by atoms with Gasteiger partial charge in [-0.05, 0) is 106 Å². The lowest BCUT2D eigenvalue weighted by Crippen LogP contribution is -2.03. The molecule has 0 bridgehead atoms. The van der Waals surface area contributed by atoms with Gasteiger partial charge in [-0.1, -0.05) is 152 Å². The molecule has 0 fully saturated rings. The first-order valence-electron chi connectivity index (χ1n) is 19.5. The molecule has 2 aromatic heterocycles. The average Bonchev–Trinajstić information content (AvgIpc) is 3.78. The van der Waals surface area contributed by atoms with Crippen molar-refractivity contribution in [1.29, 1.82) is 0 Å². The van der Waals surface area contributed by atoms with Crippen molar-refractivity contribution in [3.63, 3.8) is 0 Å². The van der Waals surface area contributed by atoms with Crippen LogP contribution in [0.15, 0.2) is 212 Å². The number of aromatic nitrogens is 2. The quantitative estimate of drug-likeness (QED) is 0.162.